The molecule has 1 aliphatic heterocycles. The summed E-state index contributed by atoms with van der Waals surface area (Å²) in [7, 11) is 0. The van der Waals surface area contributed by atoms with Gasteiger partial charge in [0.25, 0.3) is 0 Å². The molecular weight excluding hydrogens is 256 g/mol. The van der Waals surface area contributed by atoms with Crippen molar-refractivity contribution in [2.75, 3.05) is 19.6 Å². The smallest absolute Gasteiger partial charge is 0.410 e. The first-order valence-corrected chi connectivity index (χ1v) is 7.44. The van der Waals surface area contributed by atoms with Crippen molar-refractivity contribution < 1.29 is 14.3 Å². The quantitative estimate of drug-likeness (QED) is 0.783. The van der Waals surface area contributed by atoms with E-state index in [1.54, 1.807) is 4.90 Å². The molecule has 20 heavy (non-hydrogen) atoms. The number of piperazine rings is 1. The van der Waals surface area contributed by atoms with Crippen LogP contribution in [0.3, 0.4) is 0 Å². The molecule has 0 spiro atoms. The highest BCUT2D eigenvalue weighted by molar-refractivity contribution is 5.79. The van der Waals surface area contributed by atoms with Gasteiger partial charge in [-0.05, 0) is 34.1 Å². The maximum atomic E-state index is 12.2. The highest BCUT2D eigenvalue weighted by atomic mass is 16.6. The summed E-state index contributed by atoms with van der Waals surface area (Å²) in [6, 6.07) is 0.0396. The minimum absolute atomic E-state index is 0.0396. The monoisotopic (exact) mass is 284 g/mol. The Labute approximate surface area is 122 Å². The molecule has 1 saturated heterocycles. The highest BCUT2D eigenvalue weighted by Gasteiger charge is 2.33. The average Bonchev–Trinajstić information content (AvgIpc) is 2.34. The van der Waals surface area contributed by atoms with Crippen LogP contribution < -0.4 is 0 Å². The fraction of sp³-hybridized carbons (Fsp3) is 0.867. The van der Waals surface area contributed by atoms with Crippen LogP contribution in [0.4, 0.5) is 4.79 Å². The molecule has 2 atom stereocenters. The maximum Gasteiger partial charge on any atom is 0.410 e. The van der Waals surface area contributed by atoms with Crippen LogP contribution in [0.25, 0.3) is 0 Å². The summed E-state index contributed by atoms with van der Waals surface area (Å²) in [5, 5.41) is 0. The lowest BCUT2D eigenvalue weighted by molar-refractivity contribution is -0.139. The number of hydrogen-bond acceptors (Lipinski definition) is 3. The summed E-state index contributed by atoms with van der Waals surface area (Å²) in [6.07, 6.45) is 0.553. The summed E-state index contributed by atoms with van der Waals surface area (Å²) in [6.45, 7) is 13.2. The van der Waals surface area contributed by atoms with Gasteiger partial charge in [-0.3, -0.25) is 4.79 Å². The van der Waals surface area contributed by atoms with Gasteiger partial charge in [0.15, 0.2) is 0 Å². The minimum atomic E-state index is -0.482. The van der Waals surface area contributed by atoms with Gasteiger partial charge in [-0.15, -0.1) is 0 Å². The van der Waals surface area contributed by atoms with Crippen LogP contribution in [0.1, 0.15) is 48.0 Å². The van der Waals surface area contributed by atoms with E-state index in [1.807, 2.05) is 46.4 Å². The van der Waals surface area contributed by atoms with E-state index in [2.05, 4.69) is 0 Å². The van der Waals surface area contributed by atoms with Crippen molar-refractivity contribution in [2.45, 2.75) is 59.6 Å². The summed E-state index contributed by atoms with van der Waals surface area (Å²) in [5.41, 5.74) is -0.482. The normalized spacial score (nSPS) is 21.6. The van der Waals surface area contributed by atoms with E-state index >= 15 is 0 Å². The van der Waals surface area contributed by atoms with E-state index < -0.39 is 5.60 Å². The number of nitrogens with zero attached hydrogens (tertiary/aromatic N) is 2. The van der Waals surface area contributed by atoms with Crippen LogP contribution in [0, 0.1) is 5.92 Å². The number of hydrogen-bond donors (Lipinski definition) is 0. The van der Waals surface area contributed by atoms with E-state index in [1.165, 1.54) is 0 Å². The van der Waals surface area contributed by atoms with Crippen LogP contribution in [0.2, 0.25) is 0 Å². The molecule has 116 valence electrons. The Balaban J connectivity index is 2.59. The number of carbonyl (C=O) groups excluding carboxylic acids is 2. The van der Waals surface area contributed by atoms with E-state index in [4.69, 9.17) is 4.74 Å². The molecule has 1 unspecified atom stereocenters. The molecule has 1 aliphatic rings. The Hall–Kier alpha value is -1.26. The number of rotatable bonds is 2. The molecule has 0 aromatic carbocycles. The number of amides is 2. The summed E-state index contributed by atoms with van der Waals surface area (Å²) >= 11 is 0. The molecule has 0 bridgehead atoms. The highest BCUT2D eigenvalue weighted by Crippen LogP contribution is 2.17. The van der Waals surface area contributed by atoms with Crippen molar-refractivity contribution in [1.29, 1.82) is 0 Å². The van der Waals surface area contributed by atoms with E-state index in [0.717, 1.165) is 6.42 Å². The molecule has 0 N–H and O–H groups in total. The Morgan fingerprint density at radius 3 is 2.35 bits per heavy atom. The third-order valence-corrected chi connectivity index (χ3v) is 3.60. The van der Waals surface area contributed by atoms with E-state index in [9.17, 15) is 9.59 Å². The fourth-order valence-electron chi connectivity index (χ4n) is 2.24. The molecule has 1 fully saturated rings. The second-order valence-corrected chi connectivity index (χ2v) is 6.62. The van der Waals surface area contributed by atoms with Crippen molar-refractivity contribution in [3.8, 4) is 0 Å². The van der Waals surface area contributed by atoms with Gasteiger partial charge in [0.1, 0.15) is 5.60 Å². The summed E-state index contributed by atoms with van der Waals surface area (Å²) in [4.78, 5) is 27.8. The zero-order chi connectivity index (χ0) is 15.5. The first kappa shape index (κ1) is 16.8. The van der Waals surface area contributed by atoms with Gasteiger partial charge in [0.2, 0.25) is 5.91 Å². The second-order valence-electron chi connectivity index (χ2n) is 6.62. The standard InChI is InChI=1S/C15H28N2O3/c1-7-11(2)13(18)17-9-8-16(10-12(17)3)14(19)20-15(4,5)6/h11-12H,7-10H2,1-6H3/t11?,12-/m1/s1. The van der Waals surface area contributed by atoms with E-state index in [-0.39, 0.29) is 24.0 Å². The van der Waals surface area contributed by atoms with Crippen molar-refractivity contribution in [3.63, 3.8) is 0 Å². The van der Waals surface area contributed by atoms with E-state index in [0.29, 0.717) is 19.6 Å². The van der Waals surface area contributed by atoms with Gasteiger partial charge >= 0.3 is 6.09 Å². The van der Waals surface area contributed by atoms with Gasteiger partial charge < -0.3 is 14.5 Å². The predicted octanol–water partition coefficient (Wildman–Crippen LogP) is 2.50. The third kappa shape index (κ3) is 4.39. The number of ether oxygens (including phenoxy) is 1. The van der Waals surface area contributed by atoms with Crippen LogP contribution >= 0.6 is 0 Å². The molecule has 0 saturated carbocycles. The molecule has 0 aromatic rings. The first-order valence-electron chi connectivity index (χ1n) is 7.44. The van der Waals surface area contributed by atoms with Crippen LogP contribution in [-0.4, -0.2) is 53.1 Å². The Kier molecular flexibility index (Phi) is 5.42. The van der Waals surface area contributed by atoms with Gasteiger partial charge in [0, 0.05) is 31.6 Å². The Morgan fingerprint density at radius 1 is 1.30 bits per heavy atom. The first-order chi connectivity index (χ1) is 9.15. The Morgan fingerprint density at radius 2 is 1.90 bits per heavy atom. The topological polar surface area (TPSA) is 49.9 Å². The largest absolute Gasteiger partial charge is 0.444 e. The lowest BCUT2D eigenvalue weighted by Crippen LogP contribution is -2.57. The predicted molar refractivity (Wildman–Crippen MR) is 78.4 cm³/mol. The third-order valence-electron chi connectivity index (χ3n) is 3.60. The lowest BCUT2D eigenvalue weighted by Gasteiger charge is -2.41. The van der Waals surface area contributed by atoms with Crippen molar-refractivity contribution in [2.24, 2.45) is 5.92 Å². The van der Waals surface area contributed by atoms with Gasteiger partial charge in [-0.25, -0.2) is 4.79 Å². The lowest BCUT2D eigenvalue weighted by atomic mass is 10.1. The zero-order valence-corrected chi connectivity index (χ0v) is 13.6. The molecular formula is C15H28N2O3. The van der Waals surface area contributed by atoms with Gasteiger partial charge in [-0.2, -0.15) is 0 Å². The molecule has 2 amide bonds. The Bertz CT molecular complexity index is 363. The van der Waals surface area contributed by atoms with Crippen LogP contribution in [0.5, 0.6) is 0 Å². The molecule has 0 aliphatic carbocycles. The summed E-state index contributed by atoms with van der Waals surface area (Å²) < 4.78 is 5.37. The molecule has 5 heteroatoms. The zero-order valence-electron chi connectivity index (χ0n) is 13.6. The van der Waals surface area contributed by atoms with Gasteiger partial charge in [-0.1, -0.05) is 13.8 Å². The fourth-order valence-corrected chi connectivity index (χ4v) is 2.24. The summed E-state index contributed by atoms with van der Waals surface area (Å²) in [5.74, 6) is 0.231. The SMILES string of the molecule is CCC(C)C(=O)N1CCN(C(=O)OC(C)(C)C)C[C@H]1C. The molecule has 0 aromatic heterocycles. The van der Waals surface area contributed by atoms with Crippen LogP contribution in [-0.2, 0) is 9.53 Å². The second kappa shape index (κ2) is 6.46. The maximum absolute atomic E-state index is 12.2. The van der Waals surface area contributed by atoms with Crippen LogP contribution in [0.15, 0.2) is 0 Å². The van der Waals surface area contributed by atoms with Crippen molar-refractivity contribution >= 4 is 12.0 Å². The minimum Gasteiger partial charge on any atom is -0.444 e. The molecule has 5 nitrogen and oxygen atoms in total. The van der Waals surface area contributed by atoms with Gasteiger partial charge in [0.05, 0.1) is 0 Å². The van der Waals surface area contributed by atoms with Crippen molar-refractivity contribution in [3.05, 3.63) is 0 Å². The molecule has 1 rings (SSSR count). The number of carbonyl (C=O) groups is 2. The van der Waals surface area contributed by atoms with Crippen molar-refractivity contribution in [1.82, 2.24) is 9.80 Å². The average molecular weight is 284 g/mol. The molecule has 0 radical (unpaired) electrons. The molecule has 1 heterocycles.